The van der Waals surface area contributed by atoms with E-state index in [9.17, 15) is 26.7 Å². The summed E-state index contributed by atoms with van der Waals surface area (Å²) in [5.74, 6) is -2.25. The highest BCUT2D eigenvalue weighted by atomic mass is 32.1. The third kappa shape index (κ3) is 4.12. The molecule has 6 nitrogen and oxygen atoms in total. The highest BCUT2D eigenvalue weighted by molar-refractivity contribution is 7.81. The minimum atomic E-state index is -4.60. The van der Waals surface area contributed by atoms with Crippen LogP contribution in [0.15, 0.2) is 42.7 Å². The van der Waals surface area contributed by atoms with Crippen LogP contribution < -0.4 is 14.5 Å². The first-order valence-corrected chi connectivity index (χ1v) is 12.9. The Morgan fingerprint density at radius 1 is 1.03 bits per heavy atom. The molecule has 2 spiro atoms. The smallest absolute Gasteiger partial charge is 0.417 e. The van der Waals surface area contributed by atoms with E-state index in [4.69, 9.17) is 17.0 Å². The van der Waals surface area contributed by atoms with Crippen LogP contribution in [0.1, 0.15) is 37.7 Å². The van der Waals surface area contributed by atoms with E-state index >= 15 is 0 Å². The van der Waals surface area contributed by atoms with Crippen molar-refractivity contribution >= 4 is 34.6 Å². The van der Waals surface area contributed by atoms with Crippen LogP contribution in [0, 0.1) is 5.41 Å². The van der Waals surface area contributed by atoms with Crippen molar-refractivity contribution in [1.82, 2.24) is 9.88 Å². The lowest BCUT2D eigenvalue weighted by molar-refractivity contribution is -0.213. The minimum absolute atomic E-state index is 0.0121. The number of carbonyl (C=O) groups excluding carboxylic acids is 1. The number of benzene rings is 1. The number of aromatic nitrogens is 1. The van der Waals surface area contributed by atoms with E-state index in [2.05, 4.69) is 9.88 Å². The Labute approximate surface area is 221 Å². The maximum Gasteiger partial charge on any atom is 0.417 e. The van der Waals surface area contributed by atoms with Gasteiger partial charge in [-0.1, -0.05) is 0 Å². The Kier molecular flexibility index (Phi) is 5.73. The first-order chi connectivity index (χ1) is 17.9. The van der Waals surface area contributed by atoms with Gasteiger partial charge in [-0.3, -0.25) is 19.6 Å². The van der Waals surface area contributed by atoms with Gasteiger partial charge in [0, 0.05) is 49.8 Å². The van der Waals surface area contributed by atoms with Crippen LogP contribution in [0.2, 0.25) is 0 Å². The van der Waals surface area contributed by atoms with Crippen LogP contribution in [0.3, 0.4) is 0 Å². The van der Waals surface area contributed by atoms with Gasteiger partial charge >= 0.3 is 6.18 Å². The molecule has 2 aliphatic heterocycles. The number of pyridine rings is 1. The molecule has 12 heteroatoms. The molecular weight excluding hydrogens is 527 g/mol. The average Bonchev–Trinajstić information content (AvgIpc) is 3.03. The van der Waals surface area contributed by atoms with Crippen molar-refractivity contribution in [3.8, 4) is 5.75 Å². The number of nitrogens with zero attached hydrogens (tertiary/aromatic N) is 4. The molecule has 0 unspecified atom stereocenters. The molecule has 202 valence electrons. The molecule has 38 heavy (non-hydrogen) atoms. The fourth-order valence-corrected chi connectivity index (χ4v) is 6.70. The van der Waals surface area contributed by atoms with Crippen LogP contribution in [0.4, 0.5) is 33.3 Å². The summed E-state index contributed by atoms with van der Waals surface area (Å²) in [6.45, 7) is 2.40. The zero-order valence-electron chi connectivity index (χ0n) is 20.3. The molecule has 0 bridgehead atoms. The number of ether oxygens (including phenoxy) is 1. The average molecular weight is 553 g/mol. The predicted octanol–water partition coefficient (Wildman–Crippen LogP) is 5.27. The first-order valence-electron chi connectivity index (χ1n) is 12.5. The summed E-state index contributed by atoms with van der Waals surface area (Å²) in [5, 5.41) is 0.109. The van der Waals surface area contributed by atoms with Crippen molar-refractivity contribution in [3.05, 3.63) is 48.3 Å². The van der Waals surface area contributed by atoms with Crippen LogP contribution in [-0.2, 0) is 11.0 Å². The minimum Gasteiger partial charge on any atom is -0.492 e. The molecule has 0 radical (unpaired) electrons. The Bertz CT molecular complexity index is 1270. The van der Waals surface area contributed by atoms with Crippen LogP contribution in [-0.4, -0.2) is 58.6 Å². The van der Waals surface area contributed by atoms with E-state index in [-0.39, 0.29) is 35.0 Å². The number of carbonyl (C=O) groups is 1. The molecule has 1 aromatic carbocycles. The van der Waals surface area contributed by atoms with Crippen molar-refractivity contribution in [2.45, 2.75) is 49.7 Å². The molecule has 2 saturated carbocycles. The number of alkyl halides is 5. The molecule has 1 aromatic heterocycles. The Morgan fingerprint density at radius 3 is 2.29 bits per heavy atom. The third-order valence-electron chi connectivity index (χ3n) is 8.06. The molecule has 4 fully saturated rings. The maximum absolute atomic E-state index is 13.5. The van der Waals surface area contributed by atoms with Gasteiger partial charge in [-0.2, -0.15) is 13.2 Å². The topological polar surface area (TPSA) is 48.9 Å². The molecule has 2 aromatic rings. The van der Waals surface area contributed by atoms with Gasteiger partial charge in [-0.15, -0.1) is 0 Å². The summed E-state index contributed by atoms with van der Waals surface area (Å²) < 4.78 is 72.0. The van der Waals surface area contributed by atoms with Gasteiger partial charge < -0.3 is 9.64 Å². The van der Waals surface area contributed by atoms with Crippen LogP contribution >= 0.6 is 12.2 Å². The van der Waals surface area contributed by atoms with Gasteiger partial charge in [0.15, 0.2) is 5.11 Å². The lowest BCUT2D eigenvalue weighted by atomic mass is 9.61. The van der Waals surface area contributed by atoms with E-state index < -0.39 is 23.2 Å². The zero-order valence-corrected chi connectivity index (χ0v) is 21.1. The second-order valence-electron chi connectivity index (χ2n) is 10.8. The molecule has 0 atom stereocenters. The molecule has 4 aliphatic rings. The van der Waals surface area contributed by atoms with Gasteiger partial charge in [0.05, 0.1) is 17.4 Å². The summed E-state index contributed by atoms with van der Waals surface area (Å²) >= 11 is 5.63. The summed E-state index contributed by atoms with van der Waals surface area (Å²) in [6.07, 6.45) is -0.841. The SMILES string of the molecule is O=C1N(c2cncc(C(F)(F)F)c2)C(=S)N(c2ccc(OCCN3CC4(C3)CC(F)(F)C4)cc2)C12CCC2. The lowest BCUT2D eigenvalue weighted by Crippen LogP contribution is -2.66. The van der Waals surface area contributed by atoms with Gasteiger partial charge in [-0.05, 0) is 61.8 Å². The number of rotatable bonds is 6. The quantitative estimate of drug-likeness (QED) is 0.360. The normalized spacial score (nSPS) is 23.4. The number of likely N-dealkylation sites (tertiary alicyclic amines) is 1. The largest absolute Gasteiger partial charge is 0.492 e. The van der Waals surface area contributed by atoms with Crippen LogP contribution in [0.25, 0.3) is 0 Å². The van der Waals surface area contributed by atoms with Crippen molar-refractivity contribution in [2.24, 2.45) is 5.41 Å². The second kappa shape index (κ2) is 8.57. The molecule has 2 saturated heterocycles. The molecule has 2 aliphatic carbocycles. The van der Waals surface area contributed by atoms with Crippen molar-refractivity contribution in [2.75, 3.05) is 36.0 Å². The monoisotopic (exact) mass is 552 g/mol. The second-order valence-corrected chi connectivity index (χ2v) is 11.2. The number of halogens is 5. The van der Waals surface area contributed by atoms with Gasteiger partial charge in [-0.25, -0.2) is 8.78 Å². The molecule has 6 rings (SSSR count). The fraction of sp³-hybridized carbons (Fsp3) is 0.500. The Hall–Kier alpha value is -2.86. The number of hydrogen-bond donors (Lipinski definition) is 0. The Morgan fingerprint density at radius 2 is 1.71 bits per heavy atom. The van der Waals surface area contributed by atoms with Gasteiger partial charge in [0.2, 0.25) is 5.92 Å². The van der Waals surface area contributed by atoms with Gasteiger partial charge in [0.25, 0.3) is 5.91 Å². The van der Waals surface area contributed by atoms with E-state index in [1.54, 1.807) is 29.2 Å². The standard InChI is InChI=1S/C26H25F5N4O2S/c27-25(28)13-23(14-25)15-33(16-23)8-9-37-20-4-2-18(3-5-20)35-22(38)34(21(36)24(35)6-1-7-24)19-10-17(11-32-12-19)26(29,30)31/h2-5,10-12H,1,6-9,13-16H2. The fourth-order valence-electron chi connectivity index (χ4n) is 6.23. The first kappa shape index (κ1) is 25.4. The molecule has 0 N–H and O–H groups in total. The Balaban J connectivity index is 1.12. The third-order valence-corrected chi connectivity index (χ3v) is 8.42. The van der Waals surface area contributed by atoms with E-state index in [0.717, 1.165) is 17.4 Å². The summed E-state index contributed by atoms with van der Waals surface area (Å²) in [6, 6.07) is 7.96. The number of hydrogen-bond acceptors (Lipinski definition) is 5. The summed E-state index contributed by atoms with van der Waals surface area (Å²) in [4.78, 5) is 22.2. The zero-order chi connectivity index (χ0) is 26.9. The van der Waals surface area contributed by atoms with E-state index in [1.807, 2.05) is 0 Å². The highest BCUT2D eigenvalue weighted by Crippen LogP contribution is 2.56. The summed E-state index contributed by atoms with van der Waals surface area (Å²) in [5.41, 5.74) is -1.46. The van der Waals surface area contributed by atoms with Crippen molar-refractivity contribution in [3.63, 3.8) is 0 Å². The molecule has 3 heterocycles. The highest BCUT2D eigenvalue weighted by Gasteiger charge is 2.61. The lowest BCUT2D eigenvalue weighted by Gasteiger charge is -2.58. The van der Waals surface area contributed by atoms with Gasteiger partial charge in [0.1, 0.15) is 17.9 Å². The maximum atomic E-state index is 13.5. The van der Waals surface area contributed by atoms with Crippen molar-refractivity contribution < 1.29 is 31.5 Å². The van der Waals surface area contributed by atoms with Crippen molar-refractivity contribution in [1.29, 1.82) is 0 Å². The van der Waals surface area contributed by atoms with E-state index in [0.29, 0.717) is 56.7 Å². The number of thiocarbonyl (C=S) groups is 1. The number of anilines is 2. The molecule has 1 amide bonds. The summed E-state index contributed by atoms with van der Waals surface area (Å²) in [7, 11) is 0. The number of amides is 1. The molecular formula is C26H25F5N4O2S. The van der Waals surface area contributed by atoms with E-state index in [1.165, 1.54) is 6.20 Å². The predicted molar refractivity (Wildman–Crippen MR) is 133 cm³/mol. The van der Waals surface area contributed by atoms with Crippen LogP contribution in [0.5, 0.6) is 5.75 Å².